The van der Waals surface area contributed by atoms with Gasteiger partial charge in [0.15, 0.2) is 0 Å². The molecule has 0 bridgehead atoms. The highest BCUT2D eigenvalue weighted by molar-refractivity contribution is 6.29. The first-order chi connectivity index (χ1) is 10.4. The molecule has 112 valence electrons. The Hall–Kier alpha value is -2.41. The summed E-state index contributed by atoms with van der Waals surface area (Å²) in [6, 6.07) is 10.1. The van der Waals surface area contributed by atoms with Crippen molar-refractivity contribution < 1.29 is 17.7 Å². The van der Waals surface area contributed by atoms with Crippen LogP contribution in [0.25, 0.3) is 22.5 Å². The second-order valence-corrected chi connectivity index (χ2v) is 4.76. The van der Waals surface area contributed by atoms with Gasteiger partial charge in [0.2, 0.25) is 5.82 Å². The summed E-state index contributed by atoms with van der Waals surface area (Å²) < 4.78 is 41.5. The first kappa shape index (κ1) is 14.5. The van der Waals surface area contributed by atoms with Crippen LogP contribution in [0.15, 0.2) is 47.1 Å². The van der Waals surface area contributed by atoms with Crippen LogP contribution in [0.5, 0.6) is 0 Å². The molecule has 0 amide bonds. The number of benzene rings is 1. The zero-order chi connectivity index (χ0) is 15.7. The zero-order valence-corrected chi connectivity index (χ0v) is 11.6. The van der Waals surface area contributed by atoms with E-state index in [-0.39, 0.29) is 5.82 Å². The smallest absolute Gasteiger partial charge is 0.329 e. The molecule has 0 unspecified atom stereocenters. The van der Waals surface area contributed by atoms with Crippen molar-refractivity contribution in [2.45, 2.75) is 6.18 Å². The van der Waals surface area contributed by atoms with Crippen molar-refractivity contribution in [1.82, 2.24) is 15.1 Å². The van der Waals surface area contributed by atoms with Crippen molar-refractivity contribution in [3.05, 3.63) is 53.6 Å². The largest absolute Gasteiger partial charge is 0.471 e. The van der Waals surface area contributed by atoms with Crippen LogP contribution in [0.3, 0.4) is 0 Å². The van der Waals surface area contributed by atoms with Crippen molar-refractivity contribution in [2.24, 2.45) is 0 Å². The van der Waals surface area contributed by atoms with E-state index in [0.717, 1.165) is 11.1 Å². The van der Waals surface area contributed by atoms with Crippen LogP contribution in [0, 0.1) is 0 Å². The maximum absolute atomic E-state index is 12.4. The Morgan fingerprint density at radius 3 is 2.09 bits per heavy atom. The maximum Gasteiger partial charge on any atom is 0.471 e. The fourth-order valence-electron chi connectivity index (χ4n) is 1.81. The Labute approximate surface area is 127 Å². The molecule has 8 heteroatoms. The summed E-state index contributed by atoms with van der Waals surface area (Å²) in [5, 5.41) is 3.71. The van der Waals surface area contributed by atoms with Gasteiger partial charge in [-0.2, -0.15) is 18.2 Å². The molecular formula is C14H7ClF3N3O. The standard InChI is InChI=1S/C14H7ClF3N3O/c15-11-6-5-10(7-19-11)8-1-3-9(4-2-8)12-20-13(22-21-12)14(16,17)18/h1-7H. The van der Waals surface area contributed by atoms with E-state index in [4.69, 9.17) is 11.6 Å². The molecule has 1 aromatic carbocycles. The van der Waals surface area contributed by atoms with Gasteiger partial charge in [0.05, 0.1) is 0 Å². The number of alkyl halides is 3. The minimum atomic E-state index is -4.65. The van der Waals surface area contributed by atoms with Crippen molar-refractivity contribution >= 4 is 11.6 Å². The van der Waals surface area contributed by atoms with Gasteiger partial charge < -0.3 is 4.52 Å². The van der Waals surface area contributed by atoms with Gasteiger partial charge in [-0.05, 0) is 17.7 Å². The van der Waals surface area contributed by atoms with E-state index in [2.05, 4.69) is 19.6 Å². The Balaban J connectivity index is 1.88. The van der Waals surface area contributed by atoms with E-state index < -0.39 is 12.1 Å². The van der Waals surface area contributed by atoms with Crippen LogP contribution in [0.2, 0.25) is 5.15 Å². The van der Waals surface area contributed by atoms with Crippen LogP contribution in [0.4, 0.5) is 13.2 Å². The first-order valence-electron chi connectivity index (χ1n) is 6.07. The molecule has 0 radical (unpaired) electrons. The number of rotatable bonds is 2. The van der Waals surface area contributed by atoms with E-state index in [1.807, 2.05) is 0 Å². The molecule has 0 spiro atoms. The molecule has 2 heterocycles. The number of hydrogen-bond donors (Lipinski definition) is 0. The SMILES string of the molecule is FC(F)(F)c1nc(-c2ccc(-c3ccc(Cl)nc3)cc2)no1. The number of nitrogens with zero attached hydrogens (tertiary/aromatic N) is 3. The molecule has 0 N–H and O–H groups in total. The number of halogens is 4. The second-order valence-electron chi connectivity index (χ2n) is 4.37. The third-order valence-electron chi connectivity index (χ3n) is 2.87. The summed E-state index contributed by atoms with van der Waals surface area (Å²) in [5.41, 5.74) is 2.09. The molecule has 0 fully saturated rings. The van der Waals surface area contributed by atoms with E-state index >= 15 is 0 Å². The molecule has 0 aliphatic heterocycles. The van der Waals surface area contributed by atoms with E-state index in [0.29, 0.717) is 10.7 Å². The lowest BCUT2D eigenvalue weighted by Gasteiger charge is -2.02. The molecule has 0 aliphatic carbocycles. The van der Waals surface area contributed by atoms with Gasteiger partial charge in [0.25, 0.3) is 0 Å². The zero-order valence-electron chi connectivity index (χ0n) is 10.8. The van der Waals surface area contributed by atoms with Gasteiger partial charge in [-0.15, -0.1) is 0 Å². The van der Waals surface area contributed by atoms with E-state index in [1.54, 1.807) is 42.6 Å². The molecule has 4 nitrogen and oxygen atoms in total. The molecular weight excluding hydrogens is 319 g/mol. The lowest BCUT2D eigenvalue weighted by molar-refractivity contribution is -0.159. The Kier molecular flexibility index (Phi) is 3.58. The van der Waals surface area contributed by atoms with Crippen LogP contribution in [-0.4, -0.2) is 15.1 Å². The molecule has 0 atom stereocenters. The summed E-state index contributed by atoms with van der Waals surface area (Å²) in [6.07, 6.45) is -3.05. The third-order valence-corrected chi connectivity index (χ3v) is 3.10. The highest BCUT2D eigenvalue weighted by Crippen LogP contribution is 2.30. The first-order valence-corrected chi connectivity index (χ1v) is 6.44. The van der Waals surface area contributed by atoms with Gasteiger partial charge in [-0.25, -0.2) is 4.98 Å². The fraction of sp³-hybridized carbons (Fsp3) is 0.0714. The van der Waals surface area contributed by atoms with Crippen LogP contribution in [-0.2, 0) is 6.18 Å². The fourth-order valence-corrected chi connectivity index (χ4v) is 1.93. The van der Waals surface area contributed by atoms with Crippen molar-refractivity contribution in [2.75, 3.05) is 0 Å². The molecule has 0 saturated heterocycles. The average Bonchev–Trinajstić information content (AvgIpc) is 2.98. The quantitative estimate of drug-likeness (QED) is 0.652. The highest BCUT2D eigenvalue weighted by Gasteiger charge is 2.38. The predicted molar refractivity (Wildman–Crippen MR) is 73.0 cm³/mol. The van der Waals surface area contributed by atoms with Gasteiger partial charge >= 0.3 is 12.1 Å². The minimum absolute atomic E-state index is 0.117. The number of hydrogen-bond acceptors (Lipinski definition) is 4. The lowest BCUT2D eigenvalue weighted by atomic mass is 10.1. The Morgan fingerprint density at radius 1 is 0.909 bits per heavy atom. The Bertz CT molecular complexity index is 782. The van der Waals surface area contributed by atoms with Gasteiger partial charge in [-0.1, -0.05) is 41.0 Å². The summed E-state index contributed by atoms with van der Waals surface area (Å²) in [6.45, 7) is 0. The van der Waals surface area contributed by atoms with E-state index in [9.17, 15) is 13.2 Å². The Morgan fingerprint density at radius 2 is 1.55 bits per heavy atom. The van der Waals surface area contributed by atoms with Crippen LogP contribution < -0.4 is 0 Å². The molecule has 0 aliphatic rings. The molecule has 3 rings (SSSR count). The summed E-state index contributed by atoms with van der Waals surface area (Å²) in [5.74, 6) is -1.48. The lowest BCUT2D eigenvalue weighted by Crippen LogP contribution is -2.04. The van der Waals surface area contributed by atoms with E-state index in [1.165, 1.54) is 0 Å². The van der Waals surface area contributed by atoms with Crippen molar-refractivity contribution in [3.63, 3.8) is 0 Å². The van der Waals surface area contributed by atoms with Gasteiger partial charge in [-0.3, -0.25) is 0 Å². The van der Waals surface area contributed by atoms with Crippen LogP contribution in [0.1, 0.15) is 5.89 Å². The topological polar surface area (TPSA) is 51.8 Å². The maximum atomic E-state index is 12.4. The van der Waals surface area contributed by atoms with Crippen LogP contribution >= 0.6 is 11.6 Å². The van der Waals surface area contributed by atoms with Gasteiger partial charge in [0, 0.05) is 17.3 Å². The molecule has 2 aromatic heterocycles. The van der Waals surface area contributed by atoms with Gasteiger partial charge in [0.1, 0.15) is 5.15 Å². The number of pyridine rings is 1. The minimum Gasteiger partial charge on any atom is -0.329 e. The monoisotopic (exact) mass is 325 g/mol. The van der Waals surface area contributed by atoms with Crippen molar-refractivity contribution in [1.29, 1.82) is 0 Å². The highest BCUT2D eigenvalue weighted by atomic mass is 35.5. The second kappa shape index (κ2) is 5.42. The molecule has 0 saturated carbocycles. The average molecular weight is 326 g/mol. The molecule has 22 heavy (non-hydrogen) atoms. The summed E-state index contributed by atoms with van der Waals surface area (Å²) >= 11 is 5.71. The summed E-state index contributed by atoms with van der Waals surface area (Å²) in [4.78, 5) is 7.30. The molecule has 3 aromatic rings. The normalized spacial score (nSPS) is 11.6. The summed E-state index contributed by atoms with van der Waals surface area (Å²) in [7, 11) is 0. The third kappa shape index (κ3) is 2.94. The van der Waals surface area contributed by atoms with Crippen molar-refractivity contribution in [3.8, 4) is 22.5 Å². The predicted octanol–water partition coefficient (Wildman–Crippen LogP) is 4.47. The number of aromatic nitrogens is 3.